The number of rotatable bonds is 12. The molecule has 0 aliphatic heterocycles. The molecule has 172 valence electrons. The van der Waals surface area contributed by atoms with Gasteiger partial charge in [0.05, 0.1) is 39.2 Å². The van der Waals surface area contributed by atoms with Crippen LogP contribution in [0.5, 0.6) is 17.2 Å². The number of hydrogen-bond acceptors (Lipinski definition) is 7. The summed E-state index contributed by atoms with van der Waals surface area (Å²) in [6.07, 6.45) is 7.13. The molecule has 0 bridgehead atoms. The van der Waals surface area contributed by atoms with Crippen LogP contribution in [0.15, 0.2) is 30.3 Å². The Morgan fingerprint density at radius 1 is 0.875 bits per heavy atom. The topological polar surface area (TPSA) is 84.7 Å². The molecule has 0 aliphatic rings. The van der Waals surface area contributed by atoms with E-state index in [1.165, 1.54) is 37.6 Å². The number of nitrogens with zero attached hydrogens (tertiary/aromatic N) is 3. The molecule has 0 aliphatic carbocycles. The van der Waals surface area contributed by atoms with Gasteiger partial charge >= 0.3 is 5.97 Å². The van der Waals surface area contributed by atoms with Crippen molar-refractivity contribution < 1.29 is 23.7 Å². The fourth-order valence-corrected chi connectivity index (χ4v) is 3.46. The van der Waals surface area contributed by atoms with E-state index in [2.05, 4.69) is 17.1 Å². The lowest BCUT2D eigenvalue weighted by atomic mass is 10.1. The molecule has 32 heavy (non-hydrogen) atoms. The van der Waals surface area contributed by atoms with Crippen LogP contribution in [0.2, 0.25) is 0 Å². The largest absolute Gasteiger partial charge is 0.493 e. The van der Waals surface area contributed by atoms with Crippen LogP contribution >= 0.6 is 0 Å². The molecule has 0 saturated heterocycles. The van der Waals surface area contributed by atoms with Crippen molar-refractivity contribution >= 4 is 17.0 Å². The molecule has 1 heterocycles. The highest BCUT2D eigenvalue weighted by molar-refractivity contribution is 5.93. The minimum absolute atomic E-state index is 0.417. The van der Waals surface area contributed by atoms with E-state index in [-0.39, 0.29) is 0 Å². The molecule has 0 amide bonds. The third-order valence-corrected chi connectivity index (χ3v) is 5.22. The van der Waals surface area contributed by atoms with Gasteiger partial charge in [0.1, 0.15) is 11.0 Å². The number of carbonyl (C=O) groups excluding carboxylic acids is 1. The summed E-state index contributed by atoms with van der Waals surface area (Å²) < 4.78 is 21.9. The average Bonchev–Trinajstić information content (AvgIpc) is 3.26. The SMILES string of the molecule is CCCCCCCCOc1c(OC)cc(-n2nc3ccc(C(=O)OC)cc3n2)cc1OC. The number of aromatic nitrogens is 3. The Bertz CT molecular complexity index is 1020. The van der Waals surface area contributed by atoms with E-state index in [1.807, 2.05) is 0 Å². The predicted molar refractivity (Wildman–Crippen MR) is 122 cm³/mol. The first-order chi connectivity index (χ1) is 15.6. The molecule has 1 aromatic heterocycles. The lowest BCUT2D eigenvalue weighted by Crippen LogP contribution is -2.05. The lowest BCUT2D eigenvalue weighted by Gasteiger charge is -2.15. The number of carbonyl (C=O) groups is 1. The van der Waals surface area contributed by atoms with Crippen LogP contribution in [0.3, 0.4) is 0 Å². The van der Waals surface area contributed by atoms with Crippen LogP contribution in [0.25, 0.3) is 16.7 Å². The summed E-state index contributed by atoms with van der Waals surface area (Å²) >= 11 is 0. The van der Waals surface area contributed by atoms with E-state index in [0.717, 1.165) is 12.8 Å². The molecule has 8 heteroatoms. The van der Waals surface area contributed by atoms with Gasteiger partial charge in [0.25, 0.3) is 0 Å². The summed E-state index contributed by atoms with van der Waals surface area (Å²) in [7, 11) is 4.52. The average molecular weight is 442 g/mol. The molecule has 0 saturated carbocycles. The Balaban J connectivity index is 1.80. The normalized spacial score (nSPS) is 10.9. The lowest BCUT2D eigenvalue weighted by molar-refractivity contribution is 0.0601. The molecule has 8 nitrogen and oxygen atoms in total. The highest BCUT2D eigenvalue weighted by atomic mass is 16.5. The molecule has 0 radical (unpaired) electrons. The van der Waals surface area contributed by atoms with E-state index >= 15 is 0 Å². The number of unbranched alkanes of at least 4 members (excludes halogenated alkanes) is 5. The predicted octanol–water partition coefficient (Wildman–Crippen LogP) is 4.96. The number of ether oxygens (including phenoxy) is 4. The Kier molecular flexibility index (Phi) is 8.30. The third-order valence-electron chi connectivity index (χ3n) is 5.22. The fraction of sp³-hybridized carbons (Fsp3) is 0.458. The summed E-state index contributed by atoms with van der Waals surface area (Å²) in [6.45, 7) is 2.81. The summed E-state index contributed by atoms with van der Waals surface area (Å²) in [5, 5.41) is 9.00. The molecule has 0 spiro atoms. The van der Waals surface area contributed by atoms with Crippen LogP contribution in [0, 0.1) is 0 Å². The summed E-state index contributed by atoms with van der Waals surface area (Å²) in [4.78, 5) is 13.3. The first-order valence-electron chi connectivity index (χ1n) is 11.0. The Morgan fingerprint density at radius 3 is 2.19 bits per heavy atom. The van der Waals surface area contributed by atoms with Gasteiger partial charge in [-0.05, 0) is 24.6 Å². The van der Waals surface area contributed by atoms with Gasteiger partial charge in [-0.3, -0.25) is 0 Å². The molecule has 2 aromatic carbocycles. The second kappa shape index (κ2) is 11.4. The highest BCUT2D eigenvalue weighted by Gasteiger charge is 2.17. The van der Waals surface area contributed by atoms with Crippen LogP contribution < -0.4 is 14.2 Å². The maximum absolute atomic E-state index is 11.8. The minimum Gasteiger partial charge on any atom is -0.493 e. The van der Waals surface area contributed by atoms with Gasteiger partial charge in [0.15, 0.2) is 11.5 Å². The van der Waals surface area contributed by atoms with Crippen molar-refractivity contribution in [1.82, 2.24) is 15.0 Å². The number of benzene rings is 2. The van der Waals surface area contributed by atoms with E-state index < -0.39 is 5.97 Å². The van der Waals surface area contributed by atoms with Gasteiger partial charge in [-0.15, -0.1) is 10.2 Å². The van der Waals surface area contributed by atoms with Gasteiger partial charge in [-0.25, -0.2) is 4.79 Å². The van der Waals surface area contributed by atoms with E-state index in [9.17, 15) is 4.79 Å². The maximum Gasteiger partial charge on any atom is 0.337 e. The first kappa shape index (κ1) is 23.4. The maximum atomic E-state index is 11.8. The van der Waals surface area contributed by atoms with Gasteiger partial charge < -0.3 is 18.9 Å². The van der Waals surface area contributed by atoms with Gasteiger partial charge in [-0.2, -0.15) is 4.80 Å². The van der Waals surface area contributed by atoms with Crippen molar-refractivity contribution in [2.45, 2.75) is 45.4 Å². The molecule has 0 N–H and O–H groups in total. The van der Waals surface area contributed by atoms with Crippen LogP contribution in [0.1, 0.15) is 55.8 Å². The Morgan fingerprint density at radius 2 is 1.53 bits per heavy atom. The van der Waals surface area contributed by atoms with Crippen LogP contribution in [-0.4, -0.2) is 48.9 Å². The number of fused-ring (bicyclic) bond motifs is 1. The highest BCUT2D eigenvalue weighted by Crippen LogP contribution is 2.39. The molecular weight excluding hydrogens is 410 g/mol. The second-order valence-electron chi connectivity index (χ2n) is 7.48. The van der Waals surface area contributed by atoms with Crippen molar-refractivity contribution in [3.63, 3.8) is 0 Å². The second-order valence-corrected chi connectivity index (χ2v) is 7.48. The molecule has 3 aromatic rings. The minimum atomic E-state index is -0.420. The van der Waals surface area contributed by atoms with E-state index in [1.54, 1.807) is 44.6 Å². The zero-order chi connectivity index (χ0) is 22.9. The number of esters is 1. The molecule has 3 rings (SSSR count). The first-order valence-corrected chi connectivity index (χ1v) is 11.0. The molecule has 0 unspecified atom stereocenters. The van der Waals surface area contributed by atoms with Crippen LogP contribution in [-0.2, 0) is 4.74 Å². The fourth-order valence-electron chi connectivity index (χ4n) is 3.46. The summed E-state index contributed by atoms with van der Waals surface area (Å²) in [5.41, 5.74) is 2.30. The standard InChI is InChI=1S/C24H31N3O5/c1-5-6-7-8-9-10-13-32-23-21(29-2)15-18(16-22(23)30-3)27-25-19-12-11-17(24(28)31-4)14-20(19)26-27/h11-12,14-16H,5-10,13H2,1-4H3. The Hall–Kier alpha value is -3.29. The Labute approximate surface area is 188 Å². The van der Waals surface area contributed by atoms with Crippen molar-refractivity contribution in [3.05, 3.63) is 35.9 Å². The van der Waals surface area contributed by atoms with Crippen LogP contribution in [0.4, 0.5) is 0 Å². The smallest absolute Gasteiger partial charge is 0.337 e. The van der Waals surface area contributed by atoms with Gasteiger partial charge in [0.2, 0.25) is 5.75 Å². The quantitative estimate of drug-likeness (QED) is 0.290. The number of hydrogen-bond donors (Lipinski definition) is 0. The van der Waals surface area contributed by atoms with Crippen molar-refractivity contribution in [3.8, 4) is 22.9 Å². The monoisotopic (exact) mass is 441 g/mol. The zero-order valence-corrected chi connectivity index (χ0v) is 19.2. The van der Waals surface area contributed by atoms with Crippen molar-refractivity contribution in [2.24, 2.45) is 0 Å². The van der Waals surface area contributed by atoms with Gasteiger partial charge in [0, 0.05) is 12.1 Å². The van der Waals surface area contributed by atoms with Gasteiger partial charge in [-0.1, -0.05) is 39.0 Å². The van der Waals surface area contributed by atoms with E-state index in [4.69, 9.17) is 18.9 Å². The molecule has 0 atom stereocenters. The summed E-state index contributed by atoms with van der Waals surface area (Å²) in [6, 6.07) is 8.65. The van der Waals surface area contributed by atoms with Crippen molar-refractivity contribution in [2.75, 3.05) is 27.9 Å². The zero-order valence-electron chi connectivity index (χ0n) is 19.2. The summed E-state index contributed by atoms with van der Waals surface area (Å²) in [5.74, 6) is 1.23. The molecular formula is C24H31N3O5. The molecule has 0 fully saturated rings. The third kappa shape index (κ3) is 5.49. The number of methoxy groups -OCH3 is 3. The van der Waals surface area contributed by atoms with Crippen molar-refractivity contribution in [1.29, 1.82) is 0 Å². The van der Waals surface area contributed by atoms with E-state index in [0.29, 0.717) is 46.1 Å².